The van der Waals surface area contributed by atoms with E-state index in [0.29, 0.717) is 0 Å². The van der Waals surface area contributed by atoms with Crippen LogP contribution in [0.15, 0.2) is 23.6 Å². The Balaban J connectivity index is 2.83. The highest BCUT2D eigenvalue weighted by Crippen LogP contribution is 2.06. The Labute approximate surface area is 76.4 Å². The van der Waals surface area contributed by atoms with Gasteiger partial charge in [-0.2, -0.15) is 0 Å². The van der Waals surface area contributed by atoms with Crippen molar-refractivity contribution in [3.8, 4) is 0 Å². The van der Waals surface area contributed by atoms with Crippen LogP contribution < -0.4 is 0 Å². The van der Waals surface area contributed by atoms with Crippen LogP contribution in [0.1, 0.15) is 6.42 Å². The van der Waals surface area contributed by atoms with Gasteiger partial charge in [0.1, 0.15) is 6.33 Å². The van der Waals surface area contributed by atoms with E-state index in [1.165, 1.54) is 18.6 Å². The minimum Gasteiger partial charge on any atom is -0.396 e. The molecule has 0 saturated carbocycles. The van der Waals surface area contributed by atoms with Crippen LogP contribution in [0, 0.1) is 0 Å². The van der Waals surface area contributed by atoms with Crippen LogP contribution in [-0.4, -0.2) is 35.9 Å². The minimum absolute atomic E-state index is 0.0101. The predicted molar refractivity (Wildman–Crippen MR) is 45.8 cm³/mol. The largest absolute Gasteiger partial charge is 0.396 e. The fourth-order valence-corrected chi connectivity index (χ4v) is 2.02. The van der Waals surface area contributed by atoms with Crippen LogP contribution >= 0.6 is 0 Å². The zero-order chi connectivity index (χ0) is 9.73. The summed E-state index contributed by atoms with van der Waals surface area (Å²) >= 11 is 0. The number of rotatable bonds is 4. The van der Waals surface area contributed by atoms with Crippen molar-refractivity contribution in [2.75, 3.05) is 12.4 Å². The zero-order valence-electron chi connectivity index (χ0n) is 6.92. The second-order valence-corrected chi connectivity index (χ2v) is 4.50. The lowest BCUT2D eigenvalue weighted by Crippen LogP contribution is -2.09. The molecule has 0 aliphatic rings. The molecule has 1 aromatic rings. The van der Waals surface area contributed by atoms with Crippen molar-refractivity contribution in [1.29, 1.82) is 0 Å². The summed E-state index contributed by atoms with van der Waals surface area (Å²) in [6, 6.07) is 1.34. The van der Waals surface area contributed by atoms with Gasteiger partial charge in [0.15, 0.2) is 14.9 Å². The number of aliphatic hydroxyl groups is 1. The third-order valence-electron chi connectivity index (χ3n) is 1.44. The van der Waals surface area contributed by atoms with Crippen LogP contribution in [0.3, 0.4) is 0 Å². The molecular weight excluding hydrogens is 192 g/mol. The Morgan fingerprint density at radius 2 is 2.23 bits per heavy atom. The summed E-state index contributed by atoms with van der Waals surface area (Å²) in [5.41, 5.74) is 0. The van der Waals surface area contributed by atoms with Crippen molar-refractivity contribution in [3.05, 3.63) is 18.6 Å². The number of hydrogen-bond donors (Lipinski definition) is 1. The first kappa shape index (κ1) is 10.1. The van der Waals surface area contributed by atoms with E-state index in [4.69, 9.17) is 5.11 Å². The van der Waals surface area contributed by atoms with E-state index in [2.05, 4.69) is 9.97 Å². The summed E-state index contributed by atoms with van der Waals surface area (Å²) in [5, 5.41) is 8.49. The van der Waals surface area contributed by atoms with Crippen LogP contribution in [-0.2, 0) is 9.84 Å². The molecule has 0 fully saturated rings. The molecule has 13 heavy (non-hydrogen) atoms. The zero-order valence-corrected chi connectivity index (χ0v) is 7.74. The molecule has 0 aliphatic heterocycles. The SMILES string of the molecule is O=S(=O)(CCCO)c1ccncn1. The van der Waals surface area contributed by atoms with Gasteiger partial charge in [-0.05, 0) is 12.5 Å². The standard InChI is InChI=1S/C7H10N2O3S/c10-4-1-5-13(11,12)7-2-3-8-6-9-7/h2-3,6,10H,1,4-5H2. The lowest BCUT2D eigenvalue weighted by molar-refractivity contribution is 0.295. The van der Waals surface area contributed by atoms with Gasteiger partial charge in [0.2, 0.25) is 0 Å². The molecule has 1 heterocycles. The maximum Gasteiger partial charge on any atom is 0.195 e. The van der Waals surface area contributed by atoms with E-state index in [1.54, 1.807) is 0 Å². The number of nitrogens with zero attached hydrogens (tertiary/aromatic N) is 2. The van der Waals surface area contributed by atoms with E-state index >= 15 is 0 Å². The molecule has 0 saturated heterocycles. The number of aliphatic hydroxyl groups excluding tert-OH is 1. The molecule has 0 atom stereocenters. The molecule has 0 aliphatic carbocycles. The topological polar surface area (TPSA) is 80.2 Å². The molecule has 0 amide bonds. The molecule has 1 aromatic heterocycles. The molecular formula is C7H10N2O3S. The Bertz CT molecular complexity index is 349. The van der Waals surface area contributed by atoms with Gasteiger partial charge < -0.3 is 5.11 Å². The fraction of sp³-hybridized carbons (Fsp3) is 0.429. The first-order chi connectivity index (χ1) is 6.17. The molecule has 0 bridgehead atoms. The Morgan fingerprint density at radius 3 is 2.77 bits per heavy atom. The first-order valence-electron chi connectivity index (χ1n) is 3.76. The molecule has 6 heteroatoms. The highest BCUT2D eigenvalue weighted by atomic mass is 32.2. The Kier molecular flexibility index (Phi) is 3.32. The molecule has 5 nitrogen and oxygen atoms in total. The van der Waals surface area contributed by atoms with Gasteiger partial charge >= 0.3 is 0 Å². The predicted octanol–water partition coefficient (Wildman–Crippen LogP) is -0.367. The summed E-state index contributed by atoms with van der Waals surface area (Å²) in [6.45, 7) is -0.135. The van der Waals surface area contributed by atoms with Crippen molar-refractivity contribution in [2.24, 2.45) is 0 Å². The Morgan fingerprint density at radius 1 is 1.46 bits per heavy atom. The van der Waals surface area contributed by atoms with Gasteiger partial charge in [0, 0.05) is 12.8 Å². The van der Waals surface area contributed by atoms with E-state index in [9.17, 15) is 8.42 Å². The van der Waals surface area contributed by atoms with E-state index in [1.807, 2.05) is 0 Å². The highest BCUT2D eigenvalue weighted by Gasteiger charge is 2.14. The molecule has 1 rings (SSSR count). The van der Waals surface area contributed by atoms with Gasteiger partial charge in [-0.25, -0.2) is 18.4 Å². The number of sulfone groups is 1. The lowest BCUT2D eigenvalue weighted by atomic mass is 10.5. The van der Waals surface area contributed by atoms with Gasteiger partial charge in [-0.1, -0.05) is 0 Å². The molecule has 0 unspecified atom stereocenters. The summed E-state index contributed by atoms with van der Waals surface area (Å²) in [7, 11) is -3.33. The highest BCUT2D eigenvalue weighted by molar-refractivity contribution is 7.91. The van der Waals surface area contributed by atoms with Gasteiger partial charge in [0.05, 0.1) is 5.75 Å². The minimum atomic E-state index is -3.33. The quantitative estimate of drug-likeness (QED) is 0.674. The Hall–Kier alpha value is -1.01. The number of aromatic nitrogens is 2. The van der Waals surface area contributed by atoms with E-state index in [0.717, 1.165) is 0 Å². The summed E-state index contributed by atoms with van der Waals surface area (Å²) in [4.78, 5) is 7.24. The third kappa shape index (κ3) is 2.74. The fourth-order valence-electron chi connectivity index (χ4n) is 0.822. The molecule has 72 valence electrons. The smallest absolute Gasteiger partial charge is 0.195 e. The second-order valence-electron chi connectivity index (χ2n) is 2.44. The summed E-state index contributed by atoms with van der Waals surface area (Å²) in [6.07, 6.45) is 2.79. The van der Waals surface area contributed by atoms with Crippen molar-refractivity contribution in [3.63, 3.8) is 0 Å². The third-order valence-corrected chi connectivity index (χ3v) is 3.15. The van der Waals surface area contributed by atoms with Crippen LogP contribution in [0.25, 0.3) is 0 Å². The van der Waals surface area contributed by atoms with Gasteiger partial charge in [-0.3, -0.25) is 0 Å². The average molecular weight is 202 g/mol. The number of hydrogen-bond acceptors (Lipinski definition) is 5. The van der Waals surface area contributed by atoms with Crippen molar-refractivity contribution in [2.45, 2.75) is 11.4 Å². The second kappa shape index (κ2) is 4.29. The molecule has 0 spiro atoms. The van der Waals surface area contributed by atoms with Crippen LogP contribution in [0.4, 0.5) is 0 Å². The van der Waals surface area contributed by atoms with Gasteiger partial charge in [0.25, 0.3) is 0 Å². The van der Waals surface area contributed by atoms with Crippen molar-refractivity contribution in [1.82, 2.24) is 9.97 Å². The van der Waals surface area contributed by atoms with E-state index in [-0.39, 0.29) is 23.8 Å². The first-order valence-corrected chi connectivity index (χ1v) is 5.41. The normalized spacial score (nSPS) is 11.5. The van der Waals surface area contributed by atoms with Crippen molar-refractivity contribution >= 4 is 9.84 Å². The van der Waals surface area contributed by atoms with Gasteiger partial charge in [-0.15, -0.1) is 0 Å². The van der Waals surface area contributed by atoms with Crippen LogP contribution in [0.2, 0.25) is 0 Å². The average Bonchev–Trinajstić information content (AvgIpc) is 2.16. The molecule has 0 aromatic carbocycles. The summed E-state index contributed by atoms with van der Waals surface area (Å²) < 4.78 is 22.8. The molecule has 1 N–H and O–H groups in total. The maximum atomic E-state index is 11.4. The summed E-state index contributed by atoms with van der Waals surface area (Å²) in [5.74, 6) is -0.0828. The lowest BCUT2D eigenvalue weighted by Gasteiger charge is -2.00. The van der Waals surface area contributed by atoms with E-state index < -0.39 is 9.84 Å². The van der Waals surface area contributed by atoms with Crippen LogP contribution in [0.5, 0.6) is 0 Å². The molecule has 0 radical (unpaired) electrons. The van der Waals surface area contributed by atoms with Crippen molar-refractivity contribution < 1.29 is 13.5 Å². The maximum absolute atomic E-state index is 11.4. The monoisotopic (exact) mass is 202 g/mol.